The summed E-state index contributed by atoms with van der Waals surface area (Å²) in [4.78, 5) is 25.3. The van der Waals surface area contributed by atoms with E-state index in [0.29, 0.717) is 17.4 Å². The van der Waals surface area contributed by atoms with Crippen molar-refractivity contribution in [3.63, 3.8) is 0 Å². The molecule has 0 aliphatic rings. The van der Waals surface area contributed by atoms with Gasteiger partial charge in [0.1, 0.15) is 13.2 Å². The van der Waals surface area contributed by atoms with Crippen molar-refractivity contribution in [2.45, 2.75) is 225 Å². The molecule has 0 aromatic carbocycles. The molecule has 0 bridgehead atoms. The van der Waals surface area contributed by atoms with Crippen molar-refractivity contribution < 1.29 is 32.9 Å². The molecule has 0 radical (unpaired) electrons. The number of hydrogen-bond donors (Lipinski definition) is 2. The van der Waals surface area contributed by atoms with Gasteiger partial charge in [-0.2, -0.15) is 0 Å². The van der Waals surface area contributed by atoms with Crippen LogP contribution in [0.1, 0.15) is 213 Å². The molecule has 0 rings (SSSR count). The van der Waals surface area contributed by atoms with Gasteiger partial charge in [0.05, 0.1) is 39.9 Å². The van der Waals surface area contributed by atoms with Crippen molar-refractivity contribution in [1.29, 1.82) is 0 Å². The van der Waals surface area contributed by atoms with Crippen LogP contribution in [-0.4, -0.2) is 68.5 Å². The van der Waals surface area contributed by atoms with Crippen molar-refractivity contribution in [3.05, 3.63) is 36.5 Å². The Balaban J connectivity index is 4.40. The Bertz CT molecular complexity index is 1030. The van der Waals surface area contributed by atoms with Gasteiger partial charge in [0.2, 0.25) is 5.91 Å². The van der Waals surface area contributed by atoms with Gasteiger partial charge in [-0.3, -0.25) is 9.36 Å². The van der Waals surface area contributed by atoms with Crippen LogP contribution in [0.15, 0.2) is 36.5 Å². The van der Waals surface area contributed by atoms with E-state index in [1.54, 1.807) is 6.08 Å². The number of unbranched alkanes of at least 4 members (excludes halogenated alkanes) is 26. The molecule has 1 amide bonds. The summed E-state index contributed by atoms with van der Waals surface area (Å²) in [6.45, 7) is 4.63. The predicted octanol–water partition coefficient (Wildman–Crippen LogP) is 12.8. The van der Waals surface area contributed by atoms with Crippen LogP contribution in [0.25, 0.3) is 0 Å². The highest BCUT2D eigenvalue weighted by molar-refractivity contribution is 7.45. The topological polar surface area (TPSA) is 108 Å². The van der Waals surface area contributed by atoms with E-state index < -0.39 is 20.0 Å². The summed E-state index contributed by atoms with van der Waals surface area (Å²) >= 11 is 0. The number of rotatable bonds is 43. The highest BCUT2D eigenvalue weighted by atomic mass is 31.2. The maximum Gasteiger partial charge on any atom is 0.268 e. The van der Waals surface area contributed by atoms with E-state index >= 15 is 0 Å². The van der Waals surface area contributed by atoms with Gasteiger partial charge in [0.25, 0.3) is 7.82 Å². The van der Waals surface area contributed by atoms with Crippen LogP contribution >= 0.6 is 7.82 Å². The first-order valence-electron chi connectivity index (χ1n) is 23.9. The zero-order valence-electron chi connectivity index (χ0n) is 38.0. The SMILES string of the molecule is CCCCCC/C=C\C/C=C\CCCCCCCC(=O)NC(COP(=O)([O-])OCC[N+](C)(C)C)C(O)/C=C/CCCCCCCCCCCCCCCCCCC. The third-order valence-corrected chi connectivity index (χ3v) is 11.6. The molecule has 9 heteroatoms. The molecule has 0 spiro atoms. The first kappa shape index (κ1) is 55.7. The van der Waals surface area contributed by atoms with Gasteiger partial charge >= 0.3 is 0 Å². The minimum Gasteiger partial charge on any atom is -0.756 e. The zero-order chi connectivity index (χ0) is 42.1. The summed E-state index contributed by atoms with van der Waals surface area (Å²) in [7, 11) is 1.25. The van der Waals surface area contributed by atoms with E-state index in [0.717, 1.165) is 64.2 Å². The van der Waals surface area contributed by atoms with Crippen LogP contribution in [0.3, 0.4) is 0 Å². The lowest BCUT2D eigenvalue weighted by atomic mass is 10.0. The maximum absolute atomic E-state index is 12.9. The molecule has 0 aromatic rings. The summed E-state index contributed by atoms with van der Waals surface area (Å²) in [5, 5.41) is 13.8. The van der Waals surface area contributed by atoms with Crippen LogP contribution in [0.4, 0.5) is 0 Å². The molecule has 2 N–H and O–H groups in total. The van der Waals surface area contributed by atoms with Gasteiger partial charge in [-0.15, -0.1) is 0 Å². The molecule has 57 heavy (non-hydrogen) atoms. The predicted molar refractivity (Wildman–Crippen MR) is 242 cm³/mol. The van der Waals surface area contributed by atoms with Crippen molar-refractivity contribution >= 4 is 13.7 Å². The molecule has 3 unspecified atom stereocenters. The normalized spacial score (nSPS) is 14.6. The molecule has 0 aromatic heterocycles. The second-order valence-electron chi connectivity index (χ2n) is 17.5. The molecule has 3 atom stereocenters. The highest BCUT2D eigenvalue weighted by Crippen LogP contribution is 2.38. The summed E-state index contributed by atoms with van der Waals surface area (Å²) in [6, 6.07) is -0.892. The zero-order valence-corrected chi connectivity index (χ0v) is 38.9. The van der Waals surface area contributed by atoms with Crippen molar-refractivity contribution in [2.24, 2.45) is 0 Å². The van der Waals surface area contributed by atoms with Crippen molar-refractivity contribution in [1.82, 2.24) is 5.32 Å². The number of carbonyl (C=O) groups excluding carboxylic acids is 1. The number of hydrogen-bond acceptors (Lipinski definition) is 6. The largest absolute Gasteiger partial charge is 0.756 e. The third-order valence-electron chi connectivity index (χ3n) is 10.6. The van der Waals surface area contributed by atoms with E-state index in [-0.39, 0.29) is 19.1 Å². The summed E-state index contributed by atoms with van der Waals surface area (Å²) in [5.74, 6) is -0.211. The number of carbonyl (C=O) groups is 1. The van der Waals surface area contributed by atoms with E-state index in [1.807, 2.05) is 27.2 Å². The van der Waals surface area contributed by atoms with Gasteiger partial charge in [-0.1, -0.05) is 192 Å². The van der Waals surface area contributed by atoms with E-state index in [2.05, 4.69) is 43.5 Å². The fourth-order valence-electron chi connectivity index (χ4n) is 6.77. The molecule has 336 valence electrons. The second kappa shape index (κ2) is 40.1. The molecular formula is C48H93N2O6P. The smallest absolute Gasteiger partial charge is 0.268 e. The Morgan fingerprint density at radius 2 is 1.02 bits per heavy atom. The van der Waals surface area contributed by atoms with Gasteiger partial charge in [0, 0.05) is 6.42 Å². The minimum absolute atomic E-state index is 0.00397. The highest BCUT2D eigenvalue weighted by Gasteiger charge is 2.23. The summed E-state index contributed by atoms with van der Waals surface area (Å²) in [5.41, 5.74) is 0. The van der Waals surface area contributed by atoms with Gasteiger partial charge in [-0.05, 0) is 51.4 Å². The van der Waals surface area contributed by atoms with E-state index in [4.69, 9.17) is 9.05 Å². The average molecular weight is 825 g/mol. The van der Waals surface area contributed by atoms with Crippen LogP contribution in [0.5, 0.6) is 0 Å². The first-order valence-corrected chi connectivity index (χ1v) is 25.3. The van der Waals surface area contributed by atoms with Crippen LogP contribution < -0.4 is 10.2 Å². The van der Waals surface area contributed by atoms with Gasteiger partial charge in [-0.25, -0.2) is 0 Å². The number of likely N-dealkylation sites (N-methyl/N-ethyl adjacent to an activating group) is 1. The van der Waals surface area contributed by atoms with Crippen LogP contribution in [0.2, 0.25) is 0 Å². The van der Waals surface area contributed by atoms with Crippen molar-refractivity contribution in [2.75, 3.05) is 40.9 Å². The fourth-order valence-corrected chi connectivity index (χ4v) is 7.49. The Labute approximate surface area is 353 Å². The number of amides is 1. The number of allylic oxidation sites excluding steroid dienone is 5. The lowest BCUT2D eigenvalue weighted by Gasteiger charge is -2.29. The Hall–Kier alpha value is -1.28. The molecule has 0 aliphatic heterocycles. The lowest BCUT2D eigenvalue weighted by Crippen LogP contribution is -2.45. The standard InChI is InChI=1S/C48H93N2O6P/c1-6-8-10-12-14-16-18-20-22-24-25-26-27-29-31-33-35-37-39-41-47(51)46(45-56-57(53,54)55-44-43-50(3,4)5)49-48(52)42-40-38-36-34-32-30-28-23-21-19-17-15-13-11-9-7-2/h17,19,23,28,39,41,46-47,51H,6-16,18,20-22,24-27,29-38,40,42-45H2,1-5H3,(H-,49,52,53,54)/b19-17-,28-23-,41-39+. The minimum atomic E-state index is -4.59. The molecule has 0 saturated heterocycles. The second-order valence-corrected chi connectivity index (χ2v) is 18.9. The van der Waals surface area contributed by atoms with E-state index in [1.165, 1.54) is 128 Å². The number of nitrogens with zero attached hydrogens (tertiary/aromatic N) is 1. The lowest BCUT2D eigenvalue weighted by molar-refractivity contribution is -0.870. The Kier molecular flexibility index (Phi) is 39.2. The third kappa shape index (κ3) is 42.6. The van der Waals surface area contributed by atoms with E-state index in [9.17, 15) is 19.4 Å². The quantitative estimate of drug-likeness (QED) is 0.0274. The van der Waals surface area contributed by atoms with Gasteiger partial charge in [0.15, 0.2) is 0 Å². The van der Waals surface area contributed by atoms with Crippen molar-refractivity contribution in [3.8, 4) is 0 Å². The monoisotopic (exact) mass is 825 g/mol. The molecule has 0 saturated carbocycles. The number of quaternary nitrogens is 1. The van der Waals surface area contributed by atoms with Crippen LogP contribution in [-0.2, 0) is 18.4 Å². The average Bonchev–Trinajstić information content (AvgIpc) is 3.16. The first-order chi connectivity index (χ1) is 27.5. The summed E-state index contributed by atoms with van der Waals surface area (Å²) < 4.78 is 23.2. The fraction of sp³-hybridized carbons (Fsp3) is 0.854. The summed E-state index contributed by atoms with van der Waals surface area (Å²) in [6.07, 6.45) is 49.0. The number of phosphoric ester groups is 1. The van der Waals surface area contributed by atoms with Gasteiger partial charge < -0.3 is 28.8 Å². The Morgan fingerprint density at radius 3 is 1.47 bits per heavy atom. The number of aliphatic hydroxyl groups excluding tert-OH is 1. The number of aliphatic hydroxyl groups is 1. The molecule has 0 heterocycles. The Morgan fingerprint density at radius 1 is 0.614 bits per heavy atom. The number of phosphoric acid groups is 1. The molecule has 0 fully saturated rings. The molecular weight excluding hydrogens is 732 g/mol. The molecule has 8 nitrogen and oxygen atoms in total. The maximum atomic E-state index is 12.9. The molecule has 0 aliphatic carbocycles. The van der Waals surface area contributed by atoms with Crippen LogP contribution in [0, 0.1) is 0 Å². The number of nitrogens with one attached hydrogen (secondary N) is 1.